The number of aromatic nitrogens is 3. The second-order valence-electron chi connectivity index (χ2n) is 8.00. The summed E-state index contributed by atoms with van der Waals surface area (Å²) in [6, 6.07) is 5.98. The fourth-order valence-corrected chi connectivity index (χ4v) is 3.19. The summed E-state index contributed by atoms with van der Waals surface area (Å²) in [5.41, 5.74) is -1.52. The highest BCUT2D eigenvalue weighted by Gasteiger charge is 2.47. The molecule has 3 aromatic rings. The average Bonchev–Trinajstić information content (AvgIpc) is 2.76. The number of rotatable bonds is 10. The van der Waals surface area contributed by atoms with Crippen LogP contribution in [-0.4, -0.2) is 53.1 Å². The van der Waals surface area contributed by atoms with Crippen LogP contribution < -0.4 is 14.8 Å². The number of aryl methyl sites for hydroxylation is 1. The van der Waals surface area contributed by atoms with Gasteiger partial charge < -0.3 is 24.6 Å². The Bertz CT molecular complexity index is 1120. The molecule has 8 nitrogen and oxygen atoms in total. The summed E-state index contributed by atoms with van der Waals surface area (Å²) >= 11 is 0. The molecule has 0 aliphatic carbocycles. The third-order valence-corrected chi connectivity index (χ3v) is 5.02. The summed E-state index contributed by atoms with van der Waals surface area (Å²) < 4.78 is 45.3. The first-order valence-electron chi connectivity index (χ1n) is 10.3. The summed E-state index contributed by atoms with van der Waals surface area (Å²) in [4.78, 5) is 13.1. The van der Waals surface area contributed by atoms with Gasteiger partial charge in [0.25, 0.3) is 0 Å². The van der Waals surface area contributed by atoms with Gasteiger partial charge in [0.05, 0.1) is 31.5 Å². The summed E-state index contributed by atoms with van der Waals surface area (Å²) in [6.07, 6.45) is 1.29. The maximum atomic E-state index is 14.6. The van der Waals surface area contributed by atoms with Crippen LogP contribution in [0.5, 0.6) is 11.5 Å². The molecule has 2 N–H and O–H groups in total. The SMILES string of the molecule is COCCOc1cc2c(NCc3cc(C(F)(F)C(C)(C)O)ccn3)nc(C)nc2cc1OC. The molecule has 0 fully saturated rings. The number of pyridine rings is 1. The summed E-state index contributed by atoms with van der Waals surface area (Å²) in [5, 5.41) is 13.7. The molecule has 0 saturated carbocycles. The van der Waals surface area contributed by atoms with Gasteiger partial charge in [-0.3, -0.25) is 4.98 Å². The van der Waals surface area contributed by atoms with E-state index in [0.29, 0.717) is 53.0 Å². The molecule has 0 aliphatic rings. The number of nitrogens with one attached hydrogen (secondary N) is 1. The van der Waals surface area contributed by atoms with Gasteiger partial charge in [0.1, 0.15) is 23.9 Å². The molecule has 2 aromatic heterocycles. The van der Waals surface area contributed by atoms with E-state index < -0.39 is 11.5 Å². The van der Waals surface area contributed by atoms with E-state index in [0.717, 1.165) is 13.8 Å². The third kappa shape index (κ3) is 5.45. The molecule has 0 unspecified atom stereocenters. The van der Waals surface area contributed by atoms with Crippen LogP contribution in [0.3, 0.4) is 0 Å². The molecule has 0 radical (unpaired) electrons. The quantitative estimate of drug-likeness (QED) is 0.439. The number of methoxy groups -OCH3 is 2. The maximum absolute atomic E-state index is 14.6. The first-order valence-corrected chi connectivity index (χ1v) is 10.3. The van der Waals surface area contributed by atoms with Gasteiger partial charge in [-0.25, -0.2) is 9.97 Å². The fourth-order valence-electron chi connectivity index (χ4n) is 3.19. The Balaban J connectivity index is 1.91. The van der Waals surface area contributed by atoms with Gasteiger partial charge in [0.2, 0.25) is 0 Å². The Morgan fingerprint density at radius 1 is 1.06 bits per heavy atom. The Labute approximate surface area is 190 Å². The lowest BCUT2D eigenvalue weighted by molar-refractivity contribution is -0.168. The zero-order chi connectivity index (χ0) is 24.2. The van der Waals surface area contributed by atoms with Crippen LogP contribution in [0.1, 0.15) is 30.9 Å². The van der Waals surface area contributed by atoms with Gasteiger partial charge in [-0.2, -0.15) is 8.78 Å². The molecule has 1 aromatic carbocycles. The molecule has 33 heavy (non-hydrogen) atoms. The van der Waals surface area contributed by atoms with E-state index >= 15 is 0 Å². The van der Waals surface area contributed by atoms with Crippen LogP contribution >= 0.6 is 0 Å². The first kappa shape index (κ1) is 24.5. The fraction of sp³-hybridized carbons (Fsp3) is 0.435. The minimum absolute atomic E-state index is 0.132. The van der Waals surface area contributed by atoms with Gasteiger partial charge >= 0.3 is 5.92 Å². The predicted octanol–water partition coefficient (Wildman–Crippen LogP) is 3.84. The molecule has 2 heterocycles. The standard InChI is InChI=1S/C23H28F2N4O4/c1-14-28-18-12-19(32-5)20(33-9-8-31-4)11-17(18)21(29-14)27-13-16-10-15(6-7-26-16)23(24,25)22(2,3)30/h6-7,10-12,30H,8-9,13H2,1-5H3,(H,27,28,29). The molecule has 0 aliphatic heterocycles. The highest BCUT2D eigenvalue weighted by Crippen LogP contribution is 2.39. The molecular weight excluding hydrogens is 434 g/mol. The van der Waals surface area contributed by atoms with Crippen molar-refractivity contribution in [2.45, 2.75) is 38.8 Å². The van der Waals surface area contributed by atoms with Crippen molar-refractivity contribution >= 4 is 16.7 Å². The molecule has 10 heteroatoms. The van der Waals surface area contributed by atoms with Crippen molar-refractivity contribution in [1.82, 2.24) is 15.0 Å². The Hall–Kier alpha value is -3.11. The average molecular weight is 462 g/mol. The Morgan fingerprint density at radius 3 is 2.48 bits per heavy atom. The second kappa shape index (κ2) is 9.80. The molecule has 0 amide bonds. The van der Waals surface area contributed by atoms with Gasteiger partial charge in [-0.05, 0) is 39.0 Å². The first-order chi connectivity index (χ1) is 15.6. The van der Waals surface area contributed by atoms with Gasteiger partial charge in [0, 0.05) is 30.3 Å². The minimum Gasteiger partial charge on any atom is -0.493 e. The lowest BCUT2D eigenvalue weighted by Gasteiger charge is -2.29. The number of benzene rings is 1. The zero-order valence-electron chi connectivity index (χ0n) is 19.3. The number of alkyl halides is 2. The smallest absolute Gasteiger partial charge is 0.300 e. The number of hydrogen-bond acceptors (Lipinski definition) is 8. The van der Waals surface area contributed by atoms with Gasteiger partial charge in [-0.1, -0.05) is 0 Å². The van der Waals surface area contributed by atoms with Crippen molar-refractivity contribution in [3.05, 3.63) is 47.5 Å². The van der Waals surface area contributed by atoms with Crippen molar-refractivity contribution < 1.29 is 28.1 Å². The van der Waals surface area contributed by atoms with Crippen molar-refractivity contribution in [3.63, 3.8) is 0 Å². The summed E-state index contributed by atoms with van der Waals surface area (Å²) in [7, 11) is 3.12. The van der Waals surface area contributed by atoms with Crippen LogP contribution in [0.15, 0.2) is 30.5 Å². The van der Waals surface area contributed by atoms with Crippen LogP contribution in [0, 0.1) is 6.92 Å². The van der Waals surface area contributed by atoms with Crippen LogP contribution in [0.25, 0.3) is 10.9 Å². The lowest BCUT2D eigenvalue weighted by atomic mass is 9.94. The number of anilines is 1. The number of nitrogens with zero attached hydrogens (tertiary/aromatic N) is 3. The van der Waals surface area contributed by atoms with Crippen LogP contribution in [0.2, 0.25) is 0 Å². The summed E-state index contributed by atoms with van der Waals surface area (Å²) in [6.45, 7) is 4.77. The van der Waals surface area contributed by atoms with E-state index in [2.05, 4.69) is 20.3 Å². The highest BCUT2D eigenvalue weighted by molar-refractivity contribution is 5.91. The Morgan fingerprint density at radius 2 is 1.82 bits per heavy atom. The van der Waals surface area contributed by atoms with Gasteiger partial charge in [-0.15, -0.1) is 0 Å². The van der Waals surface area contributed by atoms with E-state index in [1.165, 1.54) is 18.3 Å². The molecular formula is C23H28F2N4O4. The predicted molar refractivity (Wildman–Crippen MR) is 120 cm³/mol. The van der Waals surface area contributed by atoms with Crippen LogP contribution in [0.4, 0.5) is 14.6 Å². The zero-order valence-corrected chi connectivity index (χ0v) is 19.3. The third-order valence-electron chi connectivity index (χ3n) is 5.02. The molecule has 0 saturated heterocycles. The number of aliphatic hydroxyl groups is 1. The number of fused-ring (bicyclic) bond motifs is 1. The van der Waals surface area contributed by atoms with E-state index in [9.17, 15) is 13.9 Å². The van der Waals surface area contributed by atoms with E-state index in [-0.39, 0.29) is 12.1 Å². The molecule has 3 rings (SSSR count). The van der Waals surface area contributed by atoms with E-state index in [1.807, 2.05) is 0 Å². The molecule has 0 bridgehead atoms. The number of hydrogen-bond donors (Lipinski definition) is 2. The highest BCUT2D eigenvalue weighted by atomic mass is 19.3. The summed E-state index contributed by atoms with van der Waals surface area (Å²) in [5.74, 6) is -1.39. The maximum Gasteiger partial charge on any atom is 0.300 e. The second-order valence-corrected chi connectivity index (χ2v) is 8.00. The molecule has 0 spiro atoms. The number of halogens is 2. The Kier molecular flexibility index (Phi) is 7.28. The molecule has 0 atom stereocenters. The lowest BCUT2D eigenvalue weighted by Crippen LogP contribution is -2.40. The van der Waals surface area contributed by atoms with E-state index in [4.69, 9.17) is 14.2 Å². The van der Waals surface area contributed by atoms with Crippen molar-refractivity contribution in [2.75, 3.05) is 32.8 Å². The van der Waals surface area contributed by atoms with Crippen molar-refractivity contribution in [3.8, 4) is 11.5 Å². The largest absolute Gasteiger partial charge is 0.493 e. The monoisotopic (exact) mass is 462 g/mol. The van der Waals surface area contributed by atoms with Crippen molar-refractivity contribution in [1.29, 1.82) is 0 Å². The molecule has 178 valence electrons. The number of ether oxygens (including phenoxy) is 3. The van der Waals surface area contributed by atoms with E-state index in [1.54, 1.807) is 33.3 Å². The normalized spacial score (nSPS) is 12.1. The topological polar surface area (TPSA) is 98.6 Å². The van der Waals surface area contributed by atoms with Crippen LogP contribution in [-0.2, 0) is 17.2 Å². The van der Waals surface area contributed by atoms with Crippen molar-refractivity contribution in [2.24, 2.45) is 0 Å². The van der Waals surface area contributed by atoms with Gasteiger partial charge in [0.15, 0.2) is 11.5 Å². The minimum atomic E-state index is -3.44.